The van der Waals surface area contributed by atoms with Crippen molar-refractivity contribution in [2.24, 2.45) is 0 Å². The molecular weight excluding hydrogens is 312 g/mol. The number of nitrogens with zero attached hydrogens (tertiary/aromatic N) is 2. The third-order valence-electron chi connectivity index (χ3n) is 3.98. The van der Waals surface area contributed by atoms with E-state index >= 15 is 0 Å². The van der Waals surface area contributed by atoms with E-state index in [4.69, 9.17) is 4.74 Å². The van der Waals surface area contributed by atoms with Crippen molar-refractivity contribution in [2.45, 2.75) is 26.3 Å². The van der Waals surface area contributed by atoms with Crippen LogP contribution in [0.5, 0.6) is 0 Å². The second-order valence-corrected chi connectivity index (χ2v) is 6.05. The first kappa shape index (κ1) is 18.9. The summed E-state index contributed by atoms with van der Waals surface area (Å²) in [6, 6.07) is 16.1. The Morgan fingerprint density at radius 3 is 2.60 bits per heavy atom. The molecule has 1 aromatic carbocycles. The quantitative estimate of drug-likeness (QED) is 0.656. The fourth-order valence-electron chi connectivity index (χ4n) is 2.52. The molecule has 0 saturated carbocycles. The minimum atomic E-state index is 0.00765. The summed E-state index contributed by atoms with van der Waals surface area (Å²) in [5.74, 6) is 0.00765. The van der Waals surface area contributed by atoms with Gasteiger partial charge in [0.05, 0.1) is 18.8 Å². The lowest BCUT2D eigenvalue weighted by molar-refractivity contribution is -0.127. The van der Waals surface area contributed by atoms with Gasteiger partial charge >= 0.3 is 0 Å². The number of allylic oxidation sites excluding steroid dienone is 1. The maximum absolute atomic E-state index is 12.6. The van der Waals surface area contributed by atoms with Crippen LogP contribution in [0.1, 0.15) is 24.6 Å². The highest BCUT2D eigenvalue weighted by molar-refractivity contribution is 5.88. The van der Waals surface area contributed by atoms with Crippen molar-refractivity contribution in [1.82, 2.24) is 9.88 Å². The van der Waals surface area contributed by atoms with Crippen LogP contribution in [0.15, 0.2) is 66.4 Å². The molecule has 0 unspecified atom stereocenters. The van der Waals surface area contributed by atoms with Gasteiger partial charge in [-0.1, -0.05) is 42.0 Å². The molecule has 0 bridgehead atoms. The maximum Gasteiger partial charge on any atom is 0.246 e. The van der Waals surface area contributed by atoms with Crippen molar-refractivity contribution in [1.29, 1.82) is 0 Å². The van der Waals surface area contributed by atoms with E-state index in [0.717, 1.165) is 24.1 Å². The number of amides is 1. The molecule has 2 aromatic rings. The highest BCUT2D eigenvalue weighted by Gasteiger charge is 2.12. The van der Waals surface area contributed by atoms with Crippen LogP contribution >= 0.6 is 0 Å². The van der Waals surface area contributed by atoms with E-state index in [9.17, 15) is 4.79 Å². The zero-order valence-corrected chi connectivity index (χ0v) is 15.0. The van der Waals surface area contributed by atoms with Crippen LogP contribution in [0.4, 0.5) is 0 Å². The summed E-state index contributed by atoms with van der Waals surface area (Å²) in [4.78, 5) is 18.7. The molecule has 1 aromatic heterocycles. The van der Waals surface area contributed by atoms with Crippen LogP contribution in [0.2, 0.25) is 0 Å². The number of aromatic nitrogens is 1. The van der Waals surface area contributed by atoms with Crippen molar-refractivity contribution in [3.63, 3.8) is 0 Å². The summed E-state index contributed by atoms with van der Waals surface area (Å²) in [6.45, 7) is 3.56. The lowest BCUT2D eigenvalue weighted by Gasteiger charge is -2.21. The summed E-state index contributed by atoms with van der Waals surface area (Å²) in [5.41, 5.74) is 3.24. The molecular formula is C21H26N2O2. The number of ether oxygens (including phenoxy) is 1. The highest BCUT2D eigenvalue weighted by Crippen LogP contribution is 2.10. The molecule has 1 heterocycles. The van der Waals surface area contributed by atoms with Crippen LogP contribution in [0.25, 0.3) is 0 Å². The van der Waals surface area contributed by atoms with Gasteiger partial charge in [0.25, 0.3) is 0 Å². The zero-order chi connectivity index (χ0) is 17.9. The largest absolute Gasteiger partial charge is 0.383 e. The first-order valence-corrected chi connectivity index (χ1v) is 8.58. The molecule has 0 aliphatic carbocycles. The summed E-state index contributed by atoms with van der Waals surface area (Å²) >= 11 is 0. The Bertz CT molecular complexity index is 669. The van der Waals surface area contributed by atoms with Gasteiger partial charge in [0.2, 0.25) is 5.91 Å². The van der Waals surface area contributed by atoms with Gasteiger partial charge in [-0.05, 0) is 37.5 Å². The molecule has 4 heteroatoms. The molecule has 0 spiro atoms. The summed E-state index contributed by atoms with van der Waals surface area (Å²) in [5, 5.41) is 0. The normalized spacial score (nSPS) is 11.4. The third kappa shape index (κ3) is 6.89. The lowest BCUT2D eigenvalue weighted by atomic mass is 10.1. The van der Waals surface area contributed by atoms with E-state index in [1.54, 1.807) is 24.3 Å². The van der Waals surface area contributed by atoms with Gasteiger partial charge in [-0.3, -0.25) is 9.78 Å². The van der Waals surface area contributed by atoms with Crippen LogP contribution < -0.4 is 0 Å². The molecule has 0 fully saturated rings. The molecule has 0 atom stereocenters. The Hall–Kier alpha value is -2.46. The summed E-state index contributed by atoms with van der Waals surface area (Å²) < 4.78 is 5.14. The Morgan fingerprint density at radius 1 is 1.16 bits per heavy atom. The van der Waals surface area contributed by atoms with Crippen LogP contribution in [0, 0.1) is 0 Å². The average molecular weight is 338 g/mol. The minimum absolute atomic E-state index is 0.00765. The minimum Gasteiger partial charge on any atom is -0.383 e. The molecule has 0 saturated heterocycles. The van der Waals surface area contributed by atoms with Gasteiger partial charge in [-0.25, -0.2) is 0 Å². The van der Waals surface area contributed by atoms with Crippen molar-refractivity contribution in [2.75, 3.05) is 20.3 Å². The molecule has 25 heavy (non-hydrogen) atoms. The average Bonchev–Trinajstić information content (AvgIpc) is 2.65. The second kappa shape index (κ2) is 10.4. The monoisotopic (exact) mass is 338 g/mol. The van der Waals surface area contributed by atoms with Gasteiger partial charge in [-0.2, -0.15) is 0 Å². The number of carbonyl (C=O) groups is 1. The number of pyridine rings is 1. The number of carbonyl (C=O) groups excluding carboxylic acids is 1. The number of methoxy groups -OCH3 is 1. The number of aryl methyl sites for hydroxylation is 1. The third-order valence-corrected chi connectivity index (χ3v) is 3.98. The second-order valence-electron chi connectivity index (χ2n) is 6.05. The van der Waals surface area contributed by atoms with E-state index < -0.39 is 0 Å². The Kier molecular flexibility index (Phi) is 7.86. The standard InChI is InChI=1S/C21H26N2O2/c1-18(11-12-19-8-4-3-5-9-19)16-21(24)23(14-15-25-2)17-20-10-6-7-13-22-20/h3-10,13,16H,11-12,14-15,17H2,1-2H3/b18-16+. The SMILES string of the molecule is COCCN(Cc1ccccn1)C(=O)/C=C(\C)CCc1ccccc1. The molecule has 1 amide bonds. The number of hydrogen-bond acceptors (Lipinski definition) is 3. The number of rotatable bonds is 9. The fourth-order valence-corrected chi connectivity index (χ4v) is 2.52. The van der Waals surface area contributed by atoms with E-state index in [2.05, 4.69) is 17.1 Å². The number of hydrogen-bond donors (Lipinski definition) is 0. The molecule has 0 aliphatic rings. The summed E-state index contributed by atoms with van der Waals surface area (Å²) in [6.07, 6.45) is 5.29. The van der Waals surface area contributed by atoms with Crippen LogP contribution in [-0.2, 0) is 22.5 Å². The molecule has 132 valence electrons. The Balaban J connectivity index is 1.96. The smallest absolute Gasteiger partial charge is 0.246 e. The van der Waals surface area contributed by atoms with Gasteiger partial charge in [0, 0.05) is 25.9 Å². The molecule has 0 radical (unpaired) electrons. The van der Waals surface area contributed by atoms with Crippen LogP contribution in [0.3, 0.4) is 0 Å². The van der Waals surface area contributed by atoms with E-state index in [1.807, 2.05) is 43.3 Å². The van der Waals surface area contributed by atoms with E-state index in [-0.39, 0.29) is 5.91 Å². The van der Waals surface area contributed by atoms with Gasteiger partial charge in [0.1, 0.15) is 0 Å². The first-order chi connectivity index (χ1) is 12.2. The fraction of sp³-hybridized carbons (Fsp3) is 0.333. The molecule has 4 nitrogen and oxygen atoms in total. The van der Waals surface area contributed by atoms with Crippen molar-refractivity contribution < 1.29 is 9.53 Å². The summed E-state index contributed by atoms with van der Waals surface area (Å²) in [7, 11) is 1.64. The van der Waals surface area contributed by atoms with Crippen molar-refractivity contribution in [3.05, 3.63) is 77.6 Å². The maximum atomic E-state index is 12.6. The molecule has 0 aliphatic heterocycles. The van der Waals surface area contributed by atoms with Gasteiger partial charge < -0.3 is 9.64 Å². The topological polar surface area (TPSA) is 42.4 Å². The first-order valence-electron chi connectivity index (χ1n) is 8.58. The predicted octanol–water partition coefficient (Wildman–Crippen LogP) is 3.64. The van der Waals surface area contributed by atoms with Gasteiger partial charge in [-0.15, -0.1) is 0 Å². The molecule has 0 N–H and O–H groups in total. The van der Waals surface area contributed by atoms with Crippen molar-refractivity contribution in [3.8, 4) is 0 Å². The van der Waals surface area contributed by atoms with Crippen molar-refractivity contribution >= 4 is 5.91 Å². The van der Waals surface area contributed by atoms with Gasteiger partial charge in [0.15, 0.2) is 0 Å². The predicted molar refractivity (Wildman–Crippen MR) is 100 cm³/mol. The Morgan fingerprint density at radius 2 is 1.92 bits per heavy atom. The lowest BCUT2D eigenvalue weighted by Crippen LogP contribution is -2.32. The zero-order valence-electron chi connectivity index (χ0n) is 15.0. The Labute approximate surface area is 150 Å². The van der Waals surface area contributed by atoms with E-state index in [1.165, 1.54) is 5.56 Å². The number of benzene rings is 1. The molecule has 2 rings (SSSR count). The highest BCUT2D eigenvalue weighted by atomic mass is 16.5. The van der Waals surface area contributed by atoms with Crippen LogP contribution in [-0.4, -0.2) is 36.1 Å². The van der Waals surface area contributed by atoms with E-state index in [0.29, 0.717) is 19.7 Å².